The molecule has 0 unspecified atom stereocenters. The van der Waals surface area contributed by atoms with Crippen molar-refractivity contribution in [1.29, 1.82) is 0 Å². The molecular formula is C53H33N. The standard InChI is InChI=1S/C53H33N/c1-4-16-34(17-5-1)46-40-24-10-12-26-42(40)47(43-27-13-11-25-41(43)46)37-30-32-39(33-31-37)52-49(36-18-6-2-7-19-36)50-44-28-14-22-35-23-15-29-45(48(35)44)51(50)53(54-52)38-20-8-3-9-21-38/h1-33H. The van der Waals surface area contributed by atoms with Gasteiger partial charge in [-0.3, -0.25) is 0 Å². The van der Waals surface area contributed by atoms with E-state index in [1.807, 2.05) is 0 Å². The van der Waals surface area contributed by atoms with Gasteiger partial charge in [0.05, 0.1) is 11.4 Å². The molecular weight excluding hydrogens is 651 g/mol. The summed E-state index contributed by atoms with van der Waals surface area (Å²) < 4.78 is 0. The second-order valence-electron chi connectivity index (χ2n) is 14.2. The Kier molecular flexibility index (Phi) is 6.93. The third kappa shape index (κ3) is 4.62. The van der Waals surface area contributed by atoms with Gasteiger partial charge in [0.15, 0.2) is 0 Å². The summed E-state index contributed by atoms with van der Waals surface area (Å²) in [5.74, 6) is 0. The molecule has 0 radical (unpaired) electrons. The van der Waals surface area contributed by atoms with Gasteiger partial charge in [-0.2, -0.15) is 0 Å². The molecule has 0 atom stereocenters. The molecule has 250 valence electrons. The first-order chi connectivity index (χ1) is 26.8. The first-order valence-corrected chi connectivity index (χ1v) is 18.6. The zero-order valence-corrected chi connectivity index (χ0v) is 29.5. The summed E-state index contributed by atoms with van der Waals surface area (Å²) in [4.78, 5) is 5.68. The Balaban J connectivity index is 1.18. The Labute approximate surface area is 314 Å². The number of aromatic nitrogens is 1. The van der Waals surface area contributed by atoms with E-state index in [2.05, 4.69) is 200 Å². The summed E-state index contributed by atoms with van der Waals surface area (Å²) in [5.41, 5.74) is 16.5. The second-order valence-corrected chi connectivity index (χ2v) is 14.2. The monoisotopic (exact) mass is 683 g/mol. The molecule has 0 N–H and O–H groups in total. The van der Waals surface area contributed by atoms with Crippen molar-refractivity contribution in [2.45, 2.75) is 0 Å². The van der Waals surface area contributed by atoms with Crippen LogP contribution in [-0.4, -0.2) is 4.98 Å². The molecule has 1 heteroatoms. The molecule has 0 bridgehead atoms. The molecule has 0 aliphatic heterocycles. The van der Waals surface area contributed by atoms with Crippen molar-refractivity contribution in [2.75, 3.05) is 0 Å². The molecule has 1 nitrogen and oxygen atoms in total. The van der Waals surface area contributed by atoms with E-state index in [1.165, 1.54) is 88.0 Å². The van der Waals surface area contributed by atoms with Gasteiger partial charge in [0, 0.05) is 27.8 Å². The summed E-state index contributed by atoms with van der Waals surface area (Å²) in [7, 11) is 0. The van der Waals surface area contributed by atoms with E-state index in [9.17, 15) is 0 Å². The Morgan fingerprint density at radius 1 is 0.241 bits per heavy atom. The molecule has 54 heavy (non-hydrogen) atoms. The number of rotatable bonds is 5. The van der Waals surface area contributed by atoms with Crippen LogP contribution in [-0.2, 0) is 0 Å². The van der Waals surface area contributed by atoms with Crippen LogP contribution in [0, 0.1) is 0 Å². The van der Waals surface area contributed by atoms with E-state index >= 15 is 0 Å². The largest absolute Gasteiger partial charge is 0.246 e. The van der Waals surface area contributed by atoms with Crippen LogP contribution >= 0.6 is 0 Å². The first kappa shape index (κ1) is 30.5. The molecule has 10 aromatic rings. The lowest BCUT2D eigenvalue weighted by molar-refractivity contribution is 1.33. The van der Waals surface area contributed by atoms with E-state index in [0.29, 0.717) is 0 Å². The maximum Gasteiger partial charge on any atom is 0.0794 e. The molecule has 1 aliphatic carbocycles. The molecule has 9 aromatic carbocycles. The van der Waals surface area contributed by atoms with Crippen LogP contribution in [0.3, 0.4) is 0 Å². The van der Waals surface area contributed by atoms with Gasteiger partial charge < -0.3 is 0 Å². The minimum atomic E-state index is 0.990. The number of benzene rings is 9. The highest BCUT2D eigenvalue weighted by Crippen LogP contribution is 2.56. The quantitative estimate of drug-likeness (QED) is 0.165. The zero-order chi connectivity index (χ0) is 35.6. The average molecular weight is 684 g/mol. The number of pyridine rings is 1. The third-order valence-electron chi connectivity index (χ3n) is 11.2. The first-order valence-electron chi connectivity index (χ1n) is 18.6. The molecule has 1 heterocycles. The third-order valence-corrected chi connectivity index (χ3v) is 11.2. The number of hydrogen-bond acceptors (Lipinski definition) is 1. The van der Waals surface area contributed by atoms with Crippen LogP contribution in [0.5, 0.6) is 0 Å². The molecule has 11 rings (SSSR count). The minimum absolute atomic E-state index is 0.990. The molecule has 0 fully saturated rings. The van der Waals surface area contributed by atoms with Gasteiger partial charge in [0.1, 0.15) is 0 Å². The highest BCUT2D eigenvalue weighted by molar-refractivity contribution is 6.23. The van der Waals surface area contributed by atoms with Crippen LogP contribution in [0.2, 0.25) is 0 Å². The predicted molar refractivity (Wildman–Crippen MR) is 228 cm³/mol. The normalized spacial score (nSPS) is 11.7. The molecule has 0 spiro atoms. The summed E-state index contributed by atoms with van der Waals surface area (Å²) in [6.45, 7) is 0. The van der Waals surface area contributed by atoms with Gasteiger partial charge in [-0.05, 0) is 71.3 Å². The van der Waals surface area contributed by atoms with Gasteiger partial charge in [0.2, 0.25) is 0 Å². The molecule has 0 amide bonds. The van der Waals surface area contributed by atoms with Crippen LogP contribution in [0.25, 0.3) is 110 Å². The van der Waals surface area contributed by atoms with Crippen LogP contribution in [0.4, 0.5) is 0 Å². The van der Waals surface area contributed by atoms with Crippen molar-refractivity contribution in [1.82, 2.24) is 4.98 Å². The van der Waals surface area contributed by atoms with E-state index in [1.54, 1.807) is 0 Å². The van der Waals surface area contributed by atoms with Gasteiger partial charge in [-0.1, -0.05) is 200 Å². The highest BCUT2D eigenvalue weighted by Gasteiger charge is 2.31. The van der Waals surface area contributed by atoms with E-state index < -0.39 is 0 Å². The maximum atomic E-state index is 5.68. The van der Waals surface area contributed by atoms with E-state index in [-0.39, 0.29) is 0 Å². The fraction of sp³-hybridized carbons (Fsp3) is 0. The highest BCUT2D eigenvalue weighted by atomic mass is 14.7. The fourth-order valence-electron chi connectivity index (χ4n) is 8.92. The smallest absolute Gasteiger partial charge is 0.0794 e. The zero-order valence-electron chi connectivity index (χ0n) is 29.5. The Hall–Kier alpha value is -7.09. The number of hydrogen-bond donors (Lipinski definition) is 0. The Morgan fingerprint density at radius 3 is 1.13 bits per heavy atom. The fourth-order valence-corrected chi connectivity index (χ4v) is 8.92. The molecule has 0 saturated heterocycles. The molecule has 1 aromatic heterocycles. The summed E-state index contributed by atoms with van der Waals surface area (Å²) in [6.07, 6.45) is 0. The minimum Gasteiger partial charge on any atom is -0.246 e. The lowest BCUT2D eigenvalue weighted by atomic mass is 9.85. The number of fused-ring (bicyclic) bond motifs is 5. The Bertz CT molecular complexity index is 2990. The van der Waals surface area contributed by atoms with Crippen LogP contribution in [0.1, 0.15) is 0 Å². The van der Waals surface area contributed by atoms with E-state index in [4.69, 9.17) is 4.98 Å². The van der Waals surface area contributed by atoms with Gasteiger partial charge in [-0.15, -0.1) is 0 Å². The van der Waals surface area contributed by atoms with Crippen molar-refractivity contribution in [2.24, 2.45) is 0 Å². The lowest BCUT2D eigenvalue weighted by Crippen LogP contribution is -1.98. The Morgan fingerprint density at radius 2 is 0.611 bits per heavy atom. The molecule has 0 saturated carbocycles. The predicted octanol–water partition coefficient (Wildman–Crippen LogP) is 14.5. The van der Waals surface area contributed by atoms with Crippen molar-refractivity contribution in [3.8, 4) is 78.1 Å². The van der Waals surface area contributed by atoms with Gasteiger partial charge in [0.25, 0.3) is 0 Å². The van der Waals surface area contributed by atoms with Crippen molar-refractivity contribution < 1.29 is 0 Å². The van der Waals surface area contributed by atoms with Crippen LogP contribution in [0.15, 0.2) is 200 Å². The lowest BCUT2D eigenvalue weighted by Gasteiger charge is -2.20. The molecule has 1 aliphatic rings. The summed E-state index contributed by atoms with van der Waals surface area (Å²) in [6, 6.07) is 72.6. The van der Waals surface area contributed by atoms with Crippen LogP contribution < -0.4 is 0 Å². The summed E-state index contributed by atoms with van der Waals surface area (Å²) >= 11 is 0. The maximum absolute atomic E-state index is 5.68. The van der Waals surface area contributed by atoms with Crippen molar-refractivity contribution in [3.63, 3.8) is 0 Å². The van der Waals surface area contributed by atoms with Crippen molar-refractivity contribution in [3.05, 3.63) is 200 Å². The average Bonchev–Trinajstić information content (AvgIpc) is 3.59. The van der Waals surface area contributed by atoms with Gasteiger partial charge >= 0.3 is 0 Å². The second kappa shape index (κ2) is 12.3. The number of nitrogens with zero attached hydrogens (tertiary/aromatic N) is 1. The SMILES string of the molecule is c1ccc(-c2nc(-c3ccc(-c4c5ccccc5c(-c5ccccc5)c5ccccc45)cc3)c(-c3ccccc3)c3c2-c2cccc4cccc-3c24)cc1. The van der Waals surface area contributed by atoms with Gasteiger partial charge in [-0.25, -0.2) is 4.98 Å². The van der Waals surface area contributed by atoms with Crippen molar-refractivity contribution >= 4 is 32.3 Å². The van der Waals surface area contributed by atoms with E-state index in [0.717, 1.165) is 22.5 Å². The topological polar surface area (TPSA) is 12.9 Å². The summed E-state index contributed by atoms with van der Waals surface area (Å²) in [5, 5.41) is 7.57.